The Balaban J connectivity index is 2.40. The number of hydrogen-bond acceptors (Lipinski definition) is 4. The van der Waals surface area contributed by atoms with E-state index in [0.717, 1.165) is 11.3 Å². The summed E-state index contributed by atoms with van der Waals surface area (Å²) < 4.78 is 0. The highest BCUT2D eigenvalue weighted by atomic mass is 32.2. The number of nitrogens with two attached hydrogens (primary N) is 1. The molecule has 0 radical (unpaired) electrons. The average Bonchev–Trinajstić information content (AvgIpc) is 2.25. The molecule has 1 unspecified atom stereocenters. The van der Waals surface area contributed by atoms with E-state index in [9.17, 15) is 4.79 Å². The summed E-state index contributed by atoms with van der Waals surface area (Å²) in [7, 11) is 0. The summed E-state index contributed by atoms with van der Waals surface area (Å²) >= 11 is 1.31. The van der Waals surface area contributed by atoms with E-state index in [4.69, 9.17) is 5.73 Å². The first-order valence-electron chi connectivity index (χ1n) is 4.48. The normalized spacial score (nSPS) is 25.7. The predicted molar refractivity (Wildman–Crippen MR) is 59.6 cm³/mol. The van der Waals surface area contributed by atoms with Gasteiger partial charge in [0.2, 0.25) is 0 Å². The Labute approximate surface area is 92.0 Å². The third-order valence-electron chi connectivity index (χ3n) is 2.18. The maximum Gasteiger partial charge on any atom is 0.259 e. The van der Waals surface area contributed by atoms with E-state index in [-0.39, 0.29) is 5.91 Å². The Hall–Kier alpha value is -1.33. The Morgan fingerprint density at radius 3 is 2.73 bits per heavy atom. The third-order valence-corrected chi connectivity index (χ3v) is 3.44. The maximum atomic E-state index is 11.8. The van der Waals surface area contributed by atoms with Gasteiger partial charge in [-0.2, -0.15) is 0 Å². The Morgan fingerprint density at radius 1 is 1.47 bits per heavy atom. The van der Waals surface area contributed by atoms with E-state index in [1.165, 1.54) is 11.8 Å². The molecule has 1 atom stereocenters. The van der Waals surface area contributed by atoms with Crippen LogP contribution in [0.15, 0.2) is 35.6 Å². The molecule has 1 aliphatic heterocycles. The van der Waals surface area contributed by atoms with E-state index >= 15 is 0 Å². The molecule has 0 saturated heterocycles. The van der Waals surface area contributed by atoms with Crippen LogP contribution in [0.2, 0.25) is 0 Å². The number of thioether (sulfide) groups is 1. The van der Waals surface area contributed by atoms with Crippen molar-refractivity contribution in [1.29, 1.82) is 0 Å². The van der Waals surface area contributed by atoms with Crippen LogP contribution in [0.4, 0.5) is 0 Å². The van der Waals surface area contributed by atoms with Gasteiger partial charge in [0, 0.05) is 18.1 Å². The first-order valence-corrected chi connectivity index (χ1v) is 5.36. The molecule has 5 heteroatoms. The fourth-order valence-electron chi connectivity index (χ4n) is 1.33. The Kier molecular flexibility index (Phi) is 2.50. The summed E-state index contributed by atoms with van der Waals surface area (Å²) in [5.41, 5.74) is 7.64. The van der Waals surface area contributed by atoms with Crippen LogP contribution in [0.1, 0.15) is 12.5 Å². The van der Waals surface area contributed by atoms with Gasteiger partial charge in [-0.1, -0.05) is 11.8 Å². The van der Waals surface area contributed by atoms with Crippen LogP contribution < -0.4 is 11.1 Å². The smallest absolute Gasteiger partial charge is 0.259 e. The van der Waals surface area contributed by atoms with Gasteiger partial charge in [-0.3, -0.25) is 9.78 Å². The van der Waals surface area contributed by atoms with Crippen LogP contribution in [0.25, 0.3) is 0 Å². The summed E-state index contributed by atoms with van der Waals surface area (Å²) in [5.74, 6) is -0.196. The quantitative estimate of drug-likeness (QED) is 0.740. The minimum absolute atomic E-state index is 0.196. The lowest BCUT2D eigenvalue weighted by molar-refractivity contribution is -0.123. The highest BCUT2D eigenvalue weighted by molar-refractivity contribution is 8.03. The van der Waals surface area contributed by atoms with Crippen LogP contribution in [-0.2, 0) is 9.67 Å². The standard InChI is InChI=1S/C10H11N3OS/c1-7-6-15-10(11,9(14)13-7)8-2-4-12-5-3-8/h2-6H,11H2,1H3,(H,13,14). The average molecular weight is 221 g/mol. The van der Waals surface area contributed by atoms with Gasteiger partial charge in [0.15, 0.2) is 4.87 Å². The molecule has 1 aliphatic rings. The van der Waals surface area contributed by atoms with Gasteiger partial charge in [0.05, 0.1) is 0 Å². The summed E-state index contributed by atoms with van der Waals surface area (Å²) in [6.07, 6.45) is 3.26. The third kappa shape index (κ3) is 1.75. The second-order valence-electron chi connectivity index (χ2n) is 3.34. The van der Waals surface area contributed by atoms with Crippen LogP contribution in [0.5, 0.6) is 0 Å². The van der Waals surface area contributed by atoms with E-state index < -0.39 is 4.87 Å². The van der Waals surface area contributed by atoms with Crippen molar-refractivity contribution in [3.63, 3.8) is 0 Å². The molecule has 0 aromatic carbocycles. The number of carbonyl (C=O) groups is 1. The van der Waals surface area contributed by atoms with Gasteiger partial charge in [0.1, 0.15) is 0 Å². The molecule has 0 fully saturated rings. The monoisotopic (exact) mass is 221 g/mol. The molecule has 4 nitrogen and oxygen atoms in total. The number of allylic oxidation sites excluding steroid dienone is 1. The molecule has 2 rings (SSSR count). The van der Waals surface area contributed by atoms with Gasteiger partial charge in [0.25, 0.3) is 5.91 Å². The summed E-state index contributed by atoms with van der Waals surface area (Å²) in [4.78, 5) is 14.7. The number of hydrogen-bond donors (Lipinski definition) is 2. The van der Waals surface area contributed by atoms with E-state index in [1.54, 1.807) is 24.5 Å². The molecule has 1 aromatic heterocycles. The van der Waals surface area contributed by atoms with Gasteiger partial charge >= 0.3 is 0 Å². The topological polar surface area (TPSA) is 68.0 Å². The zero-order valence-electron chi connectivity index (χ0n) is 8.23. The zero-order chi connectivity index (χ0) is 10.9. The highest BCUT2D eigenvalue weighted by Crippen LogP contribution is 2.35. The summed E-state index contributed by atoms with van der Waals surface area (Å²) in [6, 6.07) is 3.50. The molecule has 78 valence electrons. The van der Waals surface area contributed by atoms with Crippen molar-refractivity contribution >= 4 is 17.7 Å². The Morgan fingerprint density at radius 2 is 2.13 bits per heavy atom. The molecule has 2 heterocycles. The lowest BCUT2D eigenvalue weighted by atomic mass is 10.1. The van der Waals surface area contributed by atoms with E-state index in [2.05, 4.69) is 10.3 Å². The number of carbonyl (C=O) groups excluding carboxylic acids is 1. The van der Waals surface area contributed by atoms with Crippen LogP contribution >= 0.6 is 11.8 Å². The largest absolute Gasteiger partial charge is 0.327 e. The summed E-state index contributed by atoms with van der Waals surface area (Å²) in [5, 5.41) is 4.57. The molecular weight excluding hydrogens is 210 g/mol. The number of aromatic nitrogens is 1. The van der Waals surface area contributed by atoms with Crippen molar-refractivity contribution in [2.45, 2.75) is 11.8 Å². The molecule has 1 aromatic rings. The van der Waals surface area contributed by atoms with Crippen molar-refractivity contribution in [2.24, 2.45) is 5.73 Å². The molecule has 0 spiro atoms. The second-order valence-corrected chi connectivity index (χ2v) is 4.46. The first-order chi connectivity index (χ1) is 7.13. The van der Waals surface area contributed by atoms with E-state index in [0.29, 0.717) is 0 Å². The fourth-order valence-corrected chi connectivity index (χ4v) is 2.19. The lowest BCUT2D eigenvalue weighted by Crippen LogP contribution is -2.49. The predicted octanol–water partition coefficient (Wildman–Crippen LogP) is 0.917. The number of nitrogens with one attached hydrogen (secondary N) is 1. The molecule has 3 N–H and O–H groups in total. The minimum Gasteiger partial charge on any atom is -0.327 e. The molecule has 0 saturated carbocycles. The number of nitrogens with zero attached hydrogens (tertiary/aromatic N) is 1. The van der Waals surface area contributed by atoms with Crippen molar-refractivity contribution in [1.82, 2.24) is 10.3 Å². The van der Waals surface area contributed by atoms with E-state index in [1.807, 2.05) is 12.3 Å². The van der Waals surface area contributed by atoms with Crippen molar-refractivity contribution in [3.8, 4) is 0 Å². The molecule has 0 aliphatic carbocycles. The Bertz CT molecular complexity index is 418. The van der Waals surface area contributed by atoms with Crippen molar-refractivity contribution in [2.75, 3.05) is 0 Å². The SMILES string of the molecule is CC1=CSC(N)(c2ccncc2)C(=O)N1. The van der Waals surface area contributed by atoms with Gasteiger partial charge in [-0.25, -0.2) is 0 Å². The minimum atomic E-state index is -1.04. The van der Waals surface area contributed by atoms with Crippen LogP contribution in [0.3, 0.4) is 0 Å². The van der Waals surface area contributed by atoms with Gasteiger partial charge < -0.3 is 11.1 Å². The molecule has 1 amide bonds. The zero-order valence-corrected chi connectivity index (χ0v) is 9.04. The fraction of sp³-hybridized carbons (Fsp3) is 0.200. The maximum absolute atomic E-state index is 11.8. The number of pyridine rings is 1. The second kappa shape index (κ2) is 3.67. The lowest BCUT2D eigenvalue weighted by Gasteiger charge is -2.30. The number of amides is 1. The molecule has 0 bridgehead atoms. The van der Waals surface area contributed by atoms with Crippen molar-refractivity contribution < 1.29 is 4.79 Å². The number of rotatable bonds is 1. The first kappa shape index (κ1) is 10.2. The van der Waals surface area contributed by atoms with Gasteiger partial charge in [-0.15, -0.1) is 0 Å². The highest BCUT2D eigenvalue weighted by Gasteiger charge is 2.38. The van der Waals surface area contributed by atoms with Crippen LogP contribution in [-0.4, -0.2) is 10.9 Å². The summed E-state index contributed by atoms with van der Waals surface area (Å²) in [6.45, 7) is 1.83. The molecule has 15 heavy (non-hydrogen) atoms. The van der Waals surface area contributed by atoms with Crippen LogP contribution in [0, 0.1) is 0 Å². The van der Waals surface area contributed by atoms with Crippen molar-refractivity contribution in [3.05, 3.63) is 41.2 Å². The molecular formula is C10H11N3OS. The van der Waals surface area contributed by atoms with Gasteiger partial charge in [-0.05, 0) is 30.0 Å².